The number of likely N-dealkylation sites (tertiary alicyclic amines) is 1. The van der Waals surface area contributed by atoms with Crippen LogP contribution in [-0.4, -0.2) is 33.6 Å². The van der Waals surface area contributed by atoms with Crippen molar-refractivity contribution in [2.75, 3.05) is 6.54 Å². The first kappa shape index (κ1) is 26.5. The van der Waals surface area contributed by atoms with Crippen LogP contribution in [-0.2, 0) is 0 Å². The second kappa shape index (κ2) is 12.1. The van der Waals surface area contributed by atoms with Crippen molar-refractivity contribution in [3.05, 3.63) is 108 Å². The van der Waals surface area contributed by atoms with Crippen molar-refractivity contribution in [1.29, 1.82) is 5.26 Å². The van der Waals surface area contributed by atoms with Crippen molar-refractivity contribution in [2.45, 2.75) is 38.8 Å². The summed E-state index contributed by atoms with van der Waals surface area (Å²) in [5.74, 6) is 0.503. The molecule has 1 aliphatic rings. The third-order valence-corrected chi connectivity index (χ3v) is 6.39. The second-order valence-corrected chi connectivity index (χ2v) is 9.29. The van der Waals surface area contributed by atoms with Gasteiger partial charge in [-0.05, 0) is 62.1 Å². The molecule has 2 atom stereocenters. The van der Waals surface area contributed by atoms with Crippen molar-refractivity contribution in [1.82, 2.24) is 15.1 Å². The van der Waals surface area contributed by atoms with Crippen molar-refractivity contribution < 1.29 is 9.21 Å². The monoisotopic (exact) mass is 505 g/mol. The Morgan fingerprint density at radius 2 is 1.84 bits per heavy atom. The van der Waals surface area contributed by atoms with Crippen LogP contribution in [0.1, 0.15) is 53.2 Å². The summed E-state index contributed by atoms with van der Waals surface area (Å²) >= 11 is 0. The average Bonchev–Trinajstić information content (AvgIpc) is 3.63. The largest absolute Gasteiger partial charge is 0.419 e. The van der Waals surface area contributed by atoms with E-state index in [1.807, 2.05) is 59.5 Å². The van der Waals surface area contributed by atoms with Gasteiger partial charge >= 0.3 is 0 Å². The van der Waals surface area contributed by atoms with Crippen LogP contribution in [0.15, 0.2) is 89.9 Å². The highest BCUT2D eigenvalue weighted by atomic mass is 16.4. The van der Waals surface area contributed by atoms with Crippen LogP contribution in [0.5, 0.6) is 0 Å². The van der Waals surface area contributed by atoms with Crippen LogP contribution in [0, 0.1) is 18.3 Å². The van der Waals surface area contributed by atoms with Gasteiger partial charge in [-0.1, -0.05) is 60.2 Å². The minimum Gasteiger partial charge on any atom is -0.419 e. The molecule has 0 saturated carbocycles. The maximum absolute atomic E-state index is 13.4. The molecule has 192 valence electrons. The Balaban J connectivity index is 0.000000417. The van der Waals surface area contributed by atoms with Crippen LogP contribution in [0.3, 0.4) is 0 Å². The Bertz CT molecular complexity index is 1450. The Morgan fingerprint density at radius 3 is 2.47 bits per heavy atom. The number of amides is 1. The number of aryl methyl sites for hydroxylation is 1. The zero-order valence-corrected chi connectivity index (χ0v) is 21.7. The van der Waals surface area contributed by atoms with Crippen molar-refractivity contribution in [3.8, 4) is 28.7 Å². The molecule has 0 spiro atoms. The summed E-state index contributed by atoms with van der Waals surface area (Å²) in [5.41, 5.74) is 10.2. The van der Waals surface area contributed by atoms with Gasteiger partial charge in [0.05, 0.1) is 23.7 Å². The molecule has 38 heavy (non-hydrogen) atoms. The molecule has 1 amide bonds. The van der Waals surface area contributed by atoms with Crippen LogP contribution in [0.2, 0.25) is 0 Å². The number of hydrogen-bond donors (Lipinski definition) is 1. The van der Waals surface area contributed by atoms with Crippen LogP contribution in [0.4, 0.5) is 0 Å². The van der Waals surface area contributed by atoms with E-state index in [-0.39, 0.29) is 17.8 Å². The molecule has 2 unspecified atom stereocenters. The fourth-order valence-corrected chi connectivity index (χ4v) is 4.39. The van der Waals surface area contributed by atoms with Gasteiger partial charge in [0.25, 0.3) is 5.91 Å². The highest BCUT2D eigenvalue weighted by molar-refractivity contribution is 5.97. The molecule has 3 aromatic carbocycles. The summed E-state index contributed by atoms with van der Waals surface area (Å²) in [6.07, 6.45) is 3.65. The number of aromatic nitrogens is 2. The molecule has 2 heterocycles. The fraction of sp³-hybridized carbons (Fsp3) is 0.226. The molecular weight excluding hydrogens is 474 g/mol. The van der Waals surface area contributed by atoms with Crippen LogP contribution >= 0.6 is 0 Å². The Kier molecular flexibility index (Phi) is 8.47. The minimum absolute atomic E-state index is 0.0131. The maximum Gasteiger partial charge on any atom is 0.254 e. The number of hydrogen-bond acceptors (Lipinski definition) is 6. The van der Waals surface area contributed by atoms with E-state index in [4.69, 9.17) is 10.2 Å². The third-order valence-electron chi connectivity index (χ3n) is 6.39. The van der Waals surface area contributed by atoms with Gasteiger partial charge in [-0.3, -0.25) is 4.79 Å². The van der Waals surface area contributed by atoms with Gasteiger partial charge in [-0.2, -0.15) is 5.26 Å². The first-order valence-corrected chi connectivity index (χ1v) is 12.6. The number of nitrogens with two attached hydrogens (primary N) is 1. The van der Waals surface area contributed by atoms with Gasteiger partial charge in [-0.25, -0.2) is 0 Å². The number of carbonyl (C=O) groups excluding carboxylic acids is 1. The molecule has 0 radical (unpaired) electrons. The smallest absolute Gasteiger partial charge is 0.254 e. The molecule has 4 aromatic rings. The van der Waals surface area contributed by atoms with E-state index < -0.39 is 6.04 Å². The maximum atomic E-state index is 13.4. The third kappa shape index (κ3) is 6.05. The molecule has 0 aliphatic carbocycles. The second-order valence-electron chi connectivity index (χ2n) is 9.29. The molecule has 1 aliphatic heterocycles. The molecule has 1 fully saturated rings. The molecule has 2 N–H and O–H groups in total. The lowest BCUT2D eigenvalue weighted by Gasteiger charge is -2.22. The molecule has 1 saturated heterocycles. The Labute approximate surface area is 223 Å². The molecule has 7 nitrogen and oxygen atoms in total. The summed E-state index contributed by atoms with van der Waals surface area (Å²) in [7, 11) is 0. The van der Waals surface area contributed by atoms with E-state index in [0.717, 1.165) is 24.0 Å². The number of carbonyl (C=O) groups is 1. The van der Waals surface area contributed by atoms with E-state index in [1.165, 1.54) is 5.56 Å². The Morgan fingerprint density at radius 1 is 1.13 bits per heavy atom. The van der Waals surface area contributed by atoms with Gasteiger partial charge < -0.3 is 15.1 Å². The fourth-order valence-electron chi connectivity index (χ4n) is 4.39. The standard InChI is InChI=1S/C24H23N5O2.C7H8/c1-3-20-8-6-10-29(20)24(30)19-12-17(21-9-5-4-7-16(21)14-25)11-18(13-19)23-28-27-22(31-23)15(2)26;1-7-5-3-2-4-6-7/h3-5,7,9,11-13,15,20H,1,6,8,10,26H2,2H3;2-6H,1H3. The zero-order valence-electron chi connectivity index (χ0n) is 21.7. The molecule has 7 heteroatoms. The van der Waals surface area contributed by atoms with Gasteiger partial charge in [0, 0.05) is 17.7 Å². The van der Waals surface area contributed by atoms with Crippen molar-refractivity contribution in [3.63, 3.8) is 0 Å². The highest BCUT2D eigenvalue weighted by Crippen LogP contribution is 2.32. The topological polar surface area (TPSA) is 109 Å². The first-order valence-electron chi connectivity index (χ1n) is 12.6. The average molecular weight is 506 g/mol. The SMILES string of the molecule is C=CC1CCCN1C(=O)c1cc(-c2nnc(C(C)N)o2)cc(-c2ccccc2C#N)c1.Cc1ccccc1. The molecular formula is C31H31N5O2. The molecule has 1 aromatic heterocycles. The quantitative estimate of drug-likeness (QED) is 0.329. The van der Waals surface area contributed by atoms with Crippen LogP contribution < -0.4 is 5.73 Å². The summed E-state index contributed by atoms with van der Waals surface area (Å²) in [5, 5.41) is 17.7. The first-order chi connectivity index (χ1) is 18.4. The lowest BCUT2D eigenvalue weighted by molar-refractivity contribution is 0.0762. The lowest BCUT2D eigenvalue weighted by atomic mass is 9.96. The molecule has 0 bridgehead atoms. The number of rotatable bonds is 5. The lowest BCUT2D eigenvalue weighted by Crippen LogP contribution is -2.34. The summed E-state index contributed by atoms with van der Waals surface area (Å²) in [6.45, 7) is 8.39. The number of benzene rings is 3. The predicted molar refractivity (Wildman–Crippen MR) is 148 cm³/mol. The number of nitriles is 1. The van der Waals surface area contributed by atoms with Gasteiger partial charge in [0.1, 0.15) is 0 Å². The minimum atomic E-state index is -0.400. The molecule has 5 rings (SSSR count). The zero-order chi connectivity index (χ0) is 27.1. The van der Waals surface area contributed by atoms with Crippen molar-refractivity contribution >= 4 is 5.91 Å². The van der Waals surface area contributed by atoms with Crippen molar-refractivity contribution in [2.24, 2.45) is 5.73 Å². The van der Waals surface area contributed by atoms with E-state index in [1.54, 1.807) is 19.1 Å². The summed E-state index contributed by atoms with van der Waals surface area (Å²) < 4.78 is 5.73. The van der Waals surface area contributed by atoms with E-state index >= 15 is 0 Å². The van der Waals surface area contributed by atoms with E-state index in [0.29, 0.717) is 29.1 Å². The summed E-state index contributed by atoms with van der Waals surface area (Å²) in [4.78, 5) is 15.2. The Hall–Kier alpha value is -4.54. The van der Waals surface area contributed by atoms with Gasteiger partial charge in [-0.15, -0.1) is 16.8 Å². The summed E-state index contributed by atoms with van der Waals surface area (Å²) in [6, 6.07) is 24.8. The van der Waals surface area contributed by atoms with Gasteiger partial charge in [0.2, 0.25) is 11.8 Å². The van der Waals surface area contributed by atoms with Crippen LogP contribution in [0.25, 0.3) is 22.6 Å². The van der Waals surface area contributed by atoms with Gasteiger partial charge in [0.15, 0.2) is 0 Å². The highest BCUT2D eigenvalue weighted by Gasteiger charge is 2.28. The predicted octanol–water partition coefficient (Wildman–Crippen LogP) is 6.08. The van der Waals surface area contributed by atoms with E-state index in [9.17, 15) is 10.1 Å². The van der Waals surface area contributed by atoms with E-state index in [2.05, 4.69) is 41.9 Å². The normalized spacial score (nSPS) is 15.2. The number of nitrogens with zero attached hydrogens (tertiary/aromatic N) is 4.